The number of hydrogen-bond acceptors (Lipinski definition) is 5. The Kier molecular flexibility index (Phi) is 6.95. The fourth-order valence-electron chi connectivity index (χ4n) is 2.66. The van der Waals surface area contributed by atoms with Gasteiger partial charge in [-0.2, -0.15) is 0 Å². The standard InChI is InChI=1S/C20H16Cl2N2O3S2/c1-12-3-7-14(8-4-12)23-16(25)11-28-20(23)17(24(26)27)18(19(21)22)29-15-9-5-13(2)6-10-15/h3-10H,11H2,1-2H3. The molecular weight excluding hydrogens is 451 g/mol. The highest BCUT2D eigenvalue weighted by Gasteiger charge is 2.38. The molecular formula is C20H16Cl2N2O3S2. The minimum Gasteiger partial charge on any atom is -0.273 e. The summed E-state index contributed by atoms with van der Waals surface area (Å²) in [5, 5.41) is 12.3. The number of amides is 1. The normalized spacial score (nSPS) is 15.4. The summed E-state index contributed by atoms with van der Waals surface area (Å²) in [6, 6.07) is 14.7. The van der Waals surface area contributed by atoms with E-state index in [2.05, 4.69) is 0 Å². The maximum absolute atomic E-state index is 12.5. The molecule has 0 spiro atoms. The Hall–Kier alpha value is -1.93. The van der Waals surface area contributed by atoms with Crippen LogP contribution in [0.25, 0.3) is 0 Å². The van der Waals surface area contributed by atoms with Crippen molar-refractivity contribution in [1.82, 2.24) is 0 Å². The number of carbonyl (C=O) groups is 1. The van der Waals surface area contributed by atoms with Gasteiger partial charge in [0.2, 0.25) is 5.91 Å². The van der Waals surface area contributed by atoms with Crippen molar-refractivity contribution in [3.05, 3.63) is 89.9 Å². The van der Waals surface area contributed by atoms with E-state index in [-0.39, 0.29) is 31.8 Å². The molecule has 1 aliphatic rings. The molecule has 0 aliphatic carbocycles. The third-order valence-corrected chi connectivity index (χ3v) is 6.84. The van der Waals surface area contributed by atoms with Gasteiger partial charge < -0.3 is 0 Å². The average Bonchev–Trinajstić information content (AvgIpc) is 3.04. The molecule has 2 aromatic carbocycles. The summed E-state index contributed by atoms with van der Waals surface area (Å²) in [6.07, 6.45) is 0. The maximum atomic E-state index is 12.5. The van der Waals surface area contributed by atoms with Crippen molar-refractivity contribution in [2.24, 2.45) is 0 Å². The summed E-state index contributed by atoms with van der Waals surface area (Å²) in [4.78, 5) is 26.3. The van der Waals surface area contributed by atoms with Crippen LogP contribution in [0, 0.1) is 24.0 Å². The van der Waals surface area contributed by atoms with E-state index in [1.165, 1.54) is 4.90 Å². The molecule has 3 rings (SSSR count). The van der Waals surface area contributed by atoms with Crippen molar-refractivity contribution < 1.29 is 9.72 Å². The molecule has 0 atom stereocenters. The van der Waals surface area contributed by atoms with Gasteiger partial charge in [-0.25, -0.2) is 0 Å². The molecule has 1 amide bonds. The van der Waals surface area contributed by atoms with Gasteiger partial charge >= 0.3 is 5.70 Å². The summed E-state index contributed by atoms with van der Waals surface area (Å²) in [7, 11) is 0. The van der Waals surface area contributed by atoms with Gasteiger partial charge in [-0.15, -0.1) is 0 Å². The van der Waals surface area contributed by atoms with Crippen LogP contribution in [0.3, 0.4) is 0 Å². The zero-order valence-electron chi connectivity index (χ0n) is 15.5. The summed E-state index contributed by atoms with van der Waals surface area (Å²) < 4.78 is -0.224. The topological polar surface area (TPSA) is 63.5 Å². The van der Waals surface area contributed by atoms with E-state index in [1.807, 2.05) is 50.2 Å². The molecule has 0 radical (unpaired) electrons. The molecule has 5 nitrogen and oxygen atoms in total. The van der Waals surface area contributed by atoms with E-state index >= 15 is 0 Å². The molecule has 1 fully saturated rings. The SMILES string of the molecule is Cc1ccc(SC(=C(Cl)Cl)C(=C2SCC(=O)N2c2ccc(C)cc2)[N+](=O)[O-])cc1. The highest BCUT2D eigenvalue weighted by molar-refractivity contribution is 8.05. The fraction of sp³-hybridized carbons (Fsp3) is 0.150. The monoisotopic (exact) mass is 466 g/mol. The van der Waals surface area contributed by atoms with Gasteiger partial charge in [0, 0.05) is 10.6 Å². The highest BCUT2D eigenvalue weighted by Crippen LogP contribution is 2.44. The smallest absolute Gasteiger partial charge is 0.273 e. The number of thioether (sulfide) groups is 2. The number of benzene rings is 2. The van der Waals surface area contributed by atoms with Gasteiger partial charge in [-0.3, -0.25) is 19.8 Å². The largest absolute Gasteiger partial charge is 0.316 e. The first-order valence-corrected chi connectivity index (χ1v) is 11.0. The van der Waals surface area contributed by atoms with E-state index in [0.29, 0.717) is 5.69 Å². The van der Waals surface area contributed by atoms with Crippen LogP contribution in [0.2, 0.25) is 0 Å². The van der Waals surface area contributed by atoms with Crippen LogP contribution in [0.15, 0.2) is 73.5 Å². The number of nitro groups is 1. The Morgan fingerprint density at radius 1 is 1.07 bits per heavy atom. The minimum atomic E-state index is -0.538. The Morgan fingerprint density at radius 2 is 1.62 bits per heavy atom. The zero-order valence-corrected chi connectivity index (χ0v) is 18.7. The molecule has 1 aliphatic heterocycles. The van der Waals surface area contributed by atoms with Crippen molar-refractivity contribution in [1.29, 1.82) is 0 Å². The lowest BCUT2D eigenvalue weighted by atomic mass is 10.2. The Morgan fingerprint density at radius 3 is 2.14 bits per heavy atom. The maximum Gasteiger partial charge on any atom is 0.316 e. The van der Waals surface area contributed by atoms with Crippen LogP contribution in [-0.2, 0) is 4.79 Å². The van der Waals surface area contributed by atoms with Gasteiger partial charge in [0.15, 0.2) is 5.03 Å². The number of aryl methyl sites for hydroxylation is 2. The van der Waals surface area contributed by atoms with Gasteiger partial charge in [-0.05, 0) is 38.1 Å². The molecule has 150 valence electrons. The lowest BCUT2D eigenvalue weighted by molar-refractivity contribution is -0.420. The predicted molar refractivity (Wildman–Crippen MR) is 121 cm³/mol. The number of carbonyl (C=O) groups excluding carboxylic acids is 1. The quantitative estimate of drug-likeness (QED) is 0.295. The molecule has 0 aromatic heterocycles. The average molecular weight is 467 g/mol. The van der Waals surface area contributed by atoms with Gasteiger partial charge in [0.25, 0.3) is 0 Å². The van der Waals surface area contributed by atoms with Crippen LogP contribution in [-0.4, -0.2) is 16.6 Å². The van der Waals surface area contributed by atoms with E-state index in [9.17, 15) is 14.9 Å². The second-order valence-corrected chi connectivity index (χ2v) is 9.27. The lowest BCUT2D eigenvalue weighted by Gasteiger charge is -2.18. The second-order valence-electron chi connectivity index (χ2n) is 6.27. The first-order valence-electron chi connectivity index (χ1n) is 8.49. The van der Waals surface area contributed by atoms with Gasteiger partial charge in [-0.1, -0.05) is 82.1 Å². The minimum absolute atomic E-state index is 0.0940. The van der Waals surface area contributed by atoms with Gasteiger partial charge in [0.1, 0.15) is 9.40 Å². The first kappa shape index (κ1) is 21.8. The highest BCUT2D eigenvalue weighted by atomic mass is 35.5. The number of anilines is 1. The van der Waals surface area contributed by atoms with Crippen molar-refractivity contribution in [3.8, 4) is 0 Å². The fourth-order valence-corrected chi connectivity index (χ4v) is 5.03. The van der Waals surface area contributed by atoms with Crippen molar-refractivity contribution >= 4 is 58.3 Å². The van der Waals surface area contributed by atoms with Gasteiger partial charge in [0.05, 0.1) is 10.7 Å². The Labute approximate surface area is 186 Å². The van der Waals surface area contributed by atoms with Crippen LogP contribution < -0.4 is 4.90 Å². The number of hydrogen-bond donors (Lipinski definition) is 0. The number of halogens is 2. The summed E-state index contributed by atoms with van der Waals surface area (Å²) in [5.74, 6) is -0.137. The first-order chi connectivity index (χ1) is 13.8. The van der Waals surface area contributed by atoms with E-state index in [0.717, 1.165) is 39.5 Å². The predicted octanol–water partition coefficient (Wildman–Crippen LogP) is 6.27. The molecule has 0 N–H and O–H groups in total. The lowest BCUT2D eigenvalue weighted by Crippen LogP contribution is -2.26. The third kappa shape index (κ3) is 4.98. The summed E-state index contributed by atoms with van der Waals surface area (Å²) in [6.45, 7) is 3.88. The molecule has 2 aromatic rings. The van der Waals surface area contributed by atoms with Crippen LogP contribution in [0.5, 0.6) is 0 Å². The molecule has 29 heavy (non-hydrogen) atoms. The van der Waals surface area contributed by atoms with Crippen LogP contribution >= 0.6 is 46.7 Å². The molecule has 0 unspecified atom stereocenters. The summed E-state index contributed by atoms with van der Waals surface area (Å²) in [5.41, 5.74) is 2.36. The number of rotatable bonds is 5. The van der Waals surface area contributed by atoms with Crippen molar-refractivity contribution in [3.63, 3.8) is 0 Å². The van der Waals surface area contributed by atoms with E-state index < -0.39 is 4.92 Å². The van der Waals surface area contributed by atoms with Crippen LogP contribution in [0.4, 0.5) is 5.69 Å². The number of nitrogens with zero attached hydrogens (tertiary/aromatic N) is 2. The van der Waals surface area contributed by atoms with E-state index in [4.69, 9.17) is 23.2 Å². The Balaban J connectivity index is 2.11. The van der Waals surface area contributed by atoms with E-state index in [1.54, 1.807) is 12.1 Å². The molecule has 0 saturated carbocycles. The molecule has 1 heterocycles. The van der Waals surface area contributed by atoms with Crippen LogP contribution in [0.1, 0.15) is 11.1 Å². The Bertz CT molecular complexity index is 1020. The molecule has 1 saturated heterocycles. The molecule has 9 heteroatoms. The van der Waals surface area contributed by atoms with Crippen molar-refractivity contribution in [2.45, 2.75) is 18.7 Å². The molecule has 0 bridgehead atoms. The van der Waals surface area contributed by atoms with Crippen molar-refractivity contribution in [2.75, 3.05) is 10.7 Å². The summed E-state index contributed by atoms with van der Waals surface area (Å²) >= 11 is 14.3. The zero-order chi connectivity index (χ0) is 21.1. The third-order valence-electron chi connectivity index (χ3n) is 4.09. The second kappa shape index (κ2) is 9.26.